The zero-order valence-electron chi connectivity index (χ0n) is 14.1. The minimum Gasteiger partial charge on any atom is -0.496 e. The number of esters is 1. The Labute approximate surface area is 141 Å². The molecular formula is C20H20O4. The second-order valence-electron chi connectivity index (χ2n) is 5.56. The van der Waals surface area contributed by atoms with E-state index in [1.165, 1.54) is 12.7 Å². The van der Waals surface area contributed by atoms with Crippen molar-refractivity contribution in [2.75, 3.05) is 21.3 Å². The number of allylic oxidation sites excluding steroid dienone is 1. The Morgan fingerprint density at radius 2 is 1.71 bits per heavy atom. The lowest BCUT2D eigenvalue weighted by Crippen LogP contribution is -2.07. The monoisotopic (exact) mass is 324 g/mol. The van der Waals surface area contributed by atoms with Crippen LogP contribution in [0.1, 0.15) is 33.5 Å². The summed E-state index contributed by atoms with van der Waals surface area (Å²) in [5.41, 5.74) is 4.69. The molecule has 0 saturated carbocycles. The van der Waals surface area contributed by atoms with E-state index < -0.39 is 0 Å². The third-order valence-corrected chi connectivity index (χ3v) is 4.28. The molecule has 4 nitrogen and oxygen atoms in total. The Bertz CT molecular complexity index is 783. The number of fused-ring (bicyclic) bond motifs is 1. The van der Waals surface area contributed by atoms with E-state index in [-0.39, 0.29) is 5.97 Å². The van der Waals surface area contributed by atoms with Gasteiger partial charge >= 0.3 is 5.97 Å². The van der Waals surface area contributed by atoms with Crippen LogP contribution in [0.15, 0.2) is 42.5 Å². The van der Waals surface area contributed by atoms with Crippen molar-refractivity contribution >= 4 is 11.5 Å². The van der Waals surface area contributed by atoms with Crippen molar-refractivity contribution in [1.29, 1.82) is 0 Å². The summed E-state index contributed by atoms with van der Waals surface area (Å²) in [6.45, 7) is 0. The van der Waals surface area contributed by atoms with E-state index in [1.807, 2.05) is 36.4 Å². The van der Waals surface area contributed by atoms with Crippen molar-refractivity contribution in [1.82, 2.24) is 0 Å². The van der Waals surface area contributed by atoms with Crippen LogP contribution in [0.2, 0.25) is 0 Å². The van der Waals surface area contributed by atoms with E-state index >= 15 is 0 Å². The second-order valence-corrected chi connectivity index (χ2v) is 5.56. The zero-order chi connectivity index (χ0) is 17.1. The quantitative estimate of drug-likeness (QED) is 0.801. The molecule has 0 atom stereocenters. The first-order valence-corrected chi connectivity index (χ1v) is 7.82. The van der Waals surface area contributed by atoms with Gasteiger partial charge in [0.2, 0.25) is 0 Å². The Balaban J connectivity index is 2.19. The van der Waals surface area contributed by atoms with Crippen LogP contribution in [0.3, 0.4) is 0 Å². The van der Waals surface area contributed by atoms with Crippen LogP contribution in [0.4, 0.5) is 0 Å². The molecule has 0 heterocycles. The van der Waals surface area contributed by atoms with Crippen LogP contribution in [0, 0.1) is 0 Å². The molecule has 4 heteroatoms. The molecule has 3 rings (SSSR count). The summed E-state index contributed by atoms with van der Waals surface area (Å²) < 4.78 is 15.9. The third-order valence-electron chi connectivity index (χ3n) is 4.28. The van der Waals surface area contributed by atoms with Crippen LogP contribution in [-0.4, -0.2) is 27.3 Å². The minimum absolute atomic E-state index is 0.338. The lowest BCUT2D eigenvalue weighted by atomic mass is 9.85. The summed E-state index contributed by atoms with van der Waals surface area (Å²) in [6, 6.07) is 11.4. The molecule has 1 aliphatic rings. The van der Waals surface area contributed by atoms with Gasteiger partial charge in [0.1, 0.15) is 11.5 Å². The largest absolute Gasteiger partial charge is 0.496 e. The molecule has 0 spiro atoms. The number of carbonyl (C=O) groups is 1. The maximum absolute atomic E-state index is 11.9. The number of rotatable bonds is 4. The molecule has 0 aromatic heterocycles. The molecule has 0 fully saturated rings. The Hall–Kier alpha value is -2.75. The summed E-state index contributed by atoms with van der Waals surface area (Å²) >= 11 is 0. The molecule has 24 heavy (non-hydrogen) atoms. The highest BCUT2D eigenvalue weighted by Gasteiger charge is 2.22. The smallest absolute Gasteiger partial charge is 0.337 e. The van der Waals surface area contributed by atoms with Crippen LogP contribution < -0.4 is 9.47 Å². The molecule has 0 radical (unpaired) electrons. The summed E-state index contributed by atoms with van der Waals surface area (Å²) in [5, 5.41) is 0. The normalized spacial score (nSPS) is 12.9. The van der Waals surface area contributed by atoms with Crippen molar-refractivity contribution in [3.8, 4) is 11.5 Å². The minimum atomic E-state index is -0.338. The Morgan fingerprint density at radius 3 is 2.33 bits per heavy atom. The van der Waals surface area contributed by atoms with E-state index in [4.69, 9.17) is 14.2 Å². The van der Waals surface area contributed by atoms with Crippen molar-refractivity contribution in [3.05, 3.63) is 64.7 Å². The van der Waals surface area contributed by atoms with E-state index in [0.717, 1.165) is 41.0 Å². The first-order chi connectivity index (χ1) is 11.7. The average Bonchev–Trinajstić information content (AvgIpc) is 2.65. The number of hydrogen-bond acceptors (Lipinski definition) is 4. The highest BCUT2D eigenvalue weighted by molar-refractivity contribution is 5.94. The summed E-state index contributed by atoms with van der Waals surface area (Å²) in [7, 11) is 4.68. The van der Waals surface area contributed by atoms with Gasteiger partial charge in [-0.3, -0.25) is 0 Å². The predicted octanol–water partition coefficient (Wildman–Crippen LogP) is 3.87. The van der Waals surface area contributed by atoms with Crippen molar-refractivity contribution in [3.63, 3.8) is 0 Å². The SMILES string of the molecule is COC(=O)c1ccc2c(c1)C(c1c(OC)cccc1OC)=CCC2. The maximum atomic E-state index is 11.9. The molecule has 2 aromatic carbocycles. The first kappa shape index (κ1) is 16.1. The van der Waals surface area contributed by atoms with Gasteiger partial charge in [-0.1, -0.05) is 18.2 Å². The fourth-order valence-corrected chi connectivity index (χ4v) is 3.13. The first-order valence-electron chi connectivity index (χ1n) is 7.82. The fourth-order valence-electron chi connectivity index (χ4n) is 3.13. The van der Waals surface area contributed by atoms with Gasteiger partial charge in [0.25, 0.3) is 0 Å². The Kier molecular flexibility index (Phi) is 4.56. The zero-order valence-corrected chi connectivity index (χ0v) is 14.1. The van der Waals surface area contributed by atoms with Gasteiger partial charge in [-0.05, 0) is 53.8 Å². The predicted molar refractivity (Wildman–Crippen MR) is 92.7 cm³/mol. The van der Waals surface area contributed by atoms with Crippen LogP contribution in [-0.2, 0) is 11.2 Å². The van der Waals surface area contributed by atoms with Crippen molar-refractivity contribution in [2.45, 2.75) is 12.8 Å². The highest BCUT2D eigenvalue weighted by atomic mass is 16.5. The number of methoxy groups -OCH3 is 3. The van der Waals surface area contributed by atoms with E-state index in [1.54, 1.807) is 14.2 Å². The summed E-state index contributed by atoms with van der Waals surface area (Å²) in [5.74, 6) is 1.16. The van der Waals surface area contributed by atoms with Crippen LogP contribution >= 0.6 is 0 Å². The number of benzene rings is 2. The van der Waals surface area contributed by atoms with Gasteiger partial charge in [0.15, 0.2) is 0 Å². The molecule has 0 amide bonds. The topological polar surface area (TPSA) is 44.8 Å². The number of ether oxygens (including phenoxy) is 3. The lowest BCUT2D eigenvalue weighted by Gasteiger charge is -2.22. The van der Waals surface area contributed by atoms with E-state index in [0.29, 0.717) is 5.56 Å². The molecule has 0 saturated heterocycles. The van der Waals surface area contributed by atoms with Gasteiger partial charge in [-0.25, -0.2) is 4.79 Å². The van der Waals surface area contributed by atoms with Crippen molar-refractivity contribution in [2.24, 2.45) is 0 Å². The Morgan fingerprint density at radius 1 is 1.00 bits per heavy atom. The molecule has 0 unspecified atom stereocenters. The van der Waals surface area contributed by atoms with Crippen LogP contribution in [0.25, 0.3) is 5.57 Å². The fraction of sp³-hybridized carbons (Fsp3) is 0.250. The number of carbonyl (C=O) groups excluding carboxylic acids is 1. The average molecular weight is 324 g/mol. The van der Waals surface area contributed by atoms with E-state index in [2.05, 4.69) is 6.08 Å². The maximum Gasteiger partial charge on any atom is 0.337 e. The highest BCUT2D eigenvalue weighted by Crippen LogP contribution is 2.41. The number of hydrogen-bond donors (Lipinski definition) is 0. The lowest BCUT2D eigenvalue weighted by molar-refractivity contribution is 0.0600. The van der Waals surface area contributed by atoms with Gasteiger partial charge in [0.05, 0.1) is 32.5 Å². The van der Waals surface area contributed by atoms with Gasteiger partial charge in [0, 0.05) is 0 Å². The van der Waals surface area contributed by atoms with Gasteiger partial charge < -0.3 is 14.2 Å². The molecule has 2 aromatic rings. The molecule has 0 bridgehead atoms. The molecular weight excluding hydrogens is 304 g/mol. The van der Waals surface area contributed by atoms with Crippen molar-refractivity contribution < 1.29 is 19.0 Å². The molecule has 124 valence electrons. The summed E-state index contributed by atoms with van der Waals surface area (Å²) in [6.07, 6.45) is 4.04. The van der Waals surface area contributed by atoms with Gasteiger partial charge in [-0.2, -0.15) is 0 Å². The molecule has 0 aliphatic heterocycles. The molecule has 0 N–H and O–H groups in total. The van der Waals surface area contributed by atoms with Gasteiger partial charge in [-0.15, -0.1) is 0 Å². The number of aryl methyl sites for hydroxylation is 1. The summed E-state index contributed by atoms with van der Waals surface area (Å²) in [4.78, 5) is 11.9. The van der Waals surface area contributed by atoms with Crippen LogP contribution in [0.5, 0.6) is 11.5 Å². The standard InChI is InChI=1S/C20H20O4/c1-22-17-8-5-9-18(23-2)19(17)15-7-4-6-13-10-11-14(12-16(13)15)20(21)24-3/h5,7-12H,4,6H2,1-3H3. The third kappa shape index (κ3) is 2.75. The van der Waals surface area contributed by atoms with E-state index in [9.17, 15) is 4.79 Å². The molecule has 1 aliphatic carbocycles. The second kappa shape index (κ2) is 6.79.